The van der Waals surface area contributed by atoms with Crippen molar-refractivity contribution in [3.05, 3.63) is 28.2 Å². The minimum atomic E-state index is 0.208. The van der Waals surface area contributed by atoms with Gasteiger partial charge in [0.25, 0.3) is 0 Å². The summed E-state index contributed by atoms with van der Waals surface area (Å²) in [4.78, 5) is 10.6. The minimum absolute atomic E-state index is 0.208. The molecular formula is C14H17BrO2. The van der Waals surface area contributed by atoms with E-state index in [4.69, 9.17) is 4.74 Å². The van der Waals surface area contributed by atoms with Gasteiger partial charge in [-0.05, 0) is 48.9 Å². The number of hydrogen-bond donors (Lipinski definition) is 0. The van der Waals surface area contributed by atoms with Crippen molar-refractivity contribution in [1.29, 1.82) is 0 Å². The van der Waals surface area contributed by atoms with E-state index in [1.807, 2.05) is 12.1 Å². The van der Waals surface area contributed by atoms with Crippen LogP contribution in [-0.4, -0.2) is 12.4 Å². The summed E-state index contributed by atoms with van der Waals surface area (Å²) in [7, 11) is 0. The predicted molar refractivity (Wildman–Crippen MR) is 71.5 cm³/mol. The Morgan fingerprint density at radius 1 is 1.53 bits per heavy atom. The van der Waals surface area contributed by atoms with Crippen molar-refractivity contribution < 1.29 is 9.53 Å². The number of carbonyl (C=O) groups is 1. The van der Waals surface area contributed by atoms with E-state index in [1.54, 1.807) is 0 Å². The Morgan fingerprint density at radius 2 is 2.29 bits per heavy atom. The monoisotopic (exact) mass is 296 g/mol. The lowest BCUT2D eigenvalue weighted by Crippen LogP contribution is -2.25. The quantitative estimate of drug-likeness (QED) is 0.766. The van der Waals surface area contributed by atoms with Crippen LogP contribution in [0.1, 0.15) is 44.1 Å². The summed E-state index contributed by atoms with van der Waals surface area (Å²) in [5.74, 6) is 1.15. The van der Waals surface area contributed by atoms with E-state index < -0.39 is 0 Å². The molecule has 0 aliphatic heterocycles. The van der Waals surface area contributed by atoms with Gasteiger partial charge < -0.3 is 9.53 Å². The summed E-state index contributed by atoms with van der Waals surface area (Å²) in [5.41, 5.74) is 1.12. The summed E-state index contributed by atoms with van der Waals surface area (Å²) in [6.45, 7) is 2.06. The largest absolute Gasteiger partial charge is 0.490 e. The van der Waals surface area contributed by atoms with Crippen LogP contribution in [0.4, 0.5) is 0 Å². The third kappa shape index (κ3) is 3.09. The second-order valence-corrected chi connectivity index (χ2v) is 5.57. The predicted octanol–water partition coefficient (Wildman–Crippen LogP) is 4.07. The Hall–Kier alpha value is -0.830. The zero-order chi connectivity index (χ0) is 12.3. The van der Waals surface area contributed by atoms with Crippen molar-refractivity contribution in [2.24, 2.45) is 0 Å². The fourth-order valence-electron chi connectivity index (χ4n) is 1.95. The van der Waals surface area contributed by atoms with Gasteiger partial charge in [-0.3, -0.25) is 0 Å². The highest BCUT2D eigenvalue weighted by Gasteiger charge is 2.21. The van der Waals surface area contributed by atoms with Gasteiger partial charge in [-0.25, -0.2) is 0 Å². The molecule has 1 saturated carbocycles. The van der Waals surface area contributed by atoms with Crippen LogP contribution in [0, 0.1) is 0 Å². The topological polar surface area (TPSA) is 26.3 Å². The van der Waals surface area contributed by atoms with Gasteiger partial charge in [-0.15, -0.1) is 0 Å². The van der Waals surface area contributed by atoms with Crippen LogP contribution in [0.2, 0.25) is 0 Å². The van der Waals surface area contributed by atoms with Crippen LogP contribution in [-0.2, 0) is 4.79 Å². The van der Waals surface area contributed by atoms with E-state index in [-0.39, 0.29) is 5.92 Å². The molecule has 0 spiro atoms. The molecule has 0 amide bonds. The van der Waals surface area contributed by atoms with Crippen LogP contribution in [0.15, 0.2) is 22.7 Å². The van der Waals surface area contributed by atoms with Crippen LogP contribution in [0.5, 0.6) is 5.75 Å². The van der Waals surface area contributed by atoms with Crippen LogP contribution in [0.3, 0.4) is 0 Å². The molecule has 1 aliphatic carbocycles. The van der Waals surface area contributed by atoms with E-state index >= 15 is 0 Å². The average molecular weight is 297 g/mol. The average Bonchev–Trinajstić information content (AvgIpc) is 2.25. The molecule has 2 rings (SSSR count). The molecule has 0 radical (unpaired) electrons. The number of carbonyl (C=O) groups excluding carboxylic acids is 1. The maximum Gasteiger partial charge on any atom is 0.123 e. The molecule has 1 atom stereocenters. The highest BCUT2D eigenvalue weighted by Crippen LogP contribution is 2.34. The summed E-state index contributed by atoms with van der Waals surface area (Å²) in [5, 5.41) is 0. The number of benzene rings is 1. The molecule has 92 valence electrons. The van der Waals surface area contributed by atoms with Gasteiger partial charge in [0.05, 0.1) is 6.10 Å². The molecule has 1 unspecified atom stereocenters. The van der Waals surface area contributed by atoms with Gasteiger partial charge in [-0.1, -0.05) is 22.9 Å². The molecule has 0 bridgehead atoms. The Bertz CT molecular complexity index is 399. The molecule has 1 aromatic rings. The number of ether oxygens (including phenoxy) is 1. The second kappa shape index (κ2) is 5.67. The van der Waals surface area contributed by atoms with Crippen molar-refractivity contribution in [3.8, 4) is 5.75 Å². The van der Waals surface area contributed by atoms with Crippen molar-refractivity contribution in [2.75, 3.05) is 0 Å². The third-order valence-corrected chi connectivity index (χ3v) is 3.79. The highest BCUT2D eigenvalue weighted by atomic mass is 79.9. The lowest BCUT2D eigenvalue weighted by Gasteiger charge is -2.28. The first-order valence-corrected chi connectivity index (χ1v) is 6.89. The third-order valence-electron chi connectivity index (χ3n) is 3.30. The zero-order valence-corrected chi connectivity index (χ0v) is 11.6. The lowest BCUT2D eigenvalue weighted by molar-refractivity contribution is -0.108. The molecule has 0 heterocycles. The summed E-state index contributed by atoms with van der Waals surface area (Å²) in [6, 6.07) is 6.05. The van der Waals surface area contributed by atoms with Gasteiger partial charge in [0.15, 0.2) is 0 Å². The molecule has 1 aromatic carbocycles. The van der Waals surface area contributed by atoms with Gasteiger partial charge >= 0.3 is 0 Å². The highest BCUT2D eigenvalue weighted by molar-refractivity contribution is 9.10. The van der Waals surface area contributed by atoms with Crippen LogP contribution >= 0.6 is 15.9 Å². The number of rotatable bonds is 5. The molecule has 1 fully saturated rings. The molecule has 0 saturated heterocycles. The van der Waals surface area contributed by atoms with Crippen molar-refractivity contribution in [1.82, 2.24) is 0 Å². The summed E-state index contributed by atoms with van der Waals surface area (Å²) in [6.07, 6.45) is 5.45. The van der Waals surface area contributed by atoms with Crippen LogP contribution < -0.4 is 4.74 Å². The molecule has 0 aromatic heterocycles. The fraction of sp³-hybridized carbons (Fsp3) is 0.500. The minimum Gasteiger partial charge on any atom is -0.490 e. The van der Waals surface area contributed by atoms with Crippen molar-refractivity contribution >= 4 is 22.2 Å². The zero-order valence-electron chi connectivity index (χ0n) is 9.99. The smallest absolute Gasteiger partial charge is 0.123 e. The Kier molecular flexibility index (Phi) is 4.21. The Morgan fingerprint density at radius 3 is 2.88 bits per heavy atom. The SMILES string of the molecule is CC(CC=O)c1cc(Br)ccc1OC1CCC1. The van der Waals surface area contributed by atoms with E-state index in [1.165, 1.54) is 6.42 Å². The summed E-state index contributed by atoms with van der Waals surface area (Å²) < 4.78 is 7.00. The van der Waals surface area contributed by atoms with E-state index in [9.17, 15) is 4.79 Å². The first-order valence-electron chi connectivity index (χ1n) is 6.10. The Labute approximate surface area is 110 Å². The molecule has 1 aliphatic rings. The second-order valence-electron chi connectivity index (χ2n) is 4.66. The first kappa shape index (κ1) is 12.6. The molecule has 0 N–H and O–H groups in total. The fourth-order valence-corrected chi connectivity index (χ4v) is 2.33. The number of halogens is 1. The number of hydrogen-bond acceptors (Lipinski definition) is 2. The standard InChI is InChI=1S/C14H17BrO2/c1-10(7-8-16)13-9-11(15)5-6-14(13)17-12-3-2-4-12/h5-6,8-10,12H,2-4,7H2,1H3. The first-order chi connectivity index (χ1) is 8.20. The van der Waals surface area contributed by atoms with E-state index in [0.29, 0.717) is 12.5 Å². The van der Waals surface area contributed by atoms with Crippen molar-refractivity contribution in [2.45, 2.75) is 44.6 Å². The molecule has 2 nitrogen and oxygen atoms in total. The molecular weight excluding hydrogens is 280 g/mol. The molecule has 3 heteroatoms. The lowest BCUT2D eigenvalue weighted by atomic mass is 9.94. The van der Waals surface area contributed by atoms with Gasteiger partial charge in [0.1, 0.15) is 12.0 Å². The Balaban J connectivity index is 2.19. The van der Waals surface area contributed by atoms with Gasteiger partial charge in [0.2, 0.25) is 0 Å². The normalized spacial score (nSPS) is 17.3. The number of aldehydes is 1. The van der Waals surface area contributed by atoms with Gasteiger partial charge in [-0.2, -0.15) is 0 Å². The van der Waals surface area contributed by atoms with Crippen LogP contribution in [0.25, 0.3) is 0 Å². The van der Waals surface area contributed by atoms with E-state index in [2.05, 4.69) is 28.9 Å². The van der Waals surface area contributed by atoms with Gasteiger partial charge in [0, 0.05) is 10.9 Å². The molecule has 17 heavy (non-hydrogen) atoms. The summed E-state index contributed by atoms with van der Waals surface area (Å²) >= 11 is 3.47. The van der Waals surface area contributed by atoms with E-state index in [0.717, 1.165) is 34.9 Å². The maximum absolute atomic E-state index is 10.6. The maximum atomic E-state index is 10.6. The van der Waals surface area contributed by atoms with Crippen molar-refractivity contribution in [3.63, 3.8) is 0 Å².